The van der Waals surface area contributed by atoms with E-state index in [1.165, 1.54) is 0 Å². The molecule has 0 aliphatic heterocycles. The van der Waals surface area contributed by atoms with Crippen LogP contribution in [-0.2, 0) is 0 Å². The molecule has 19 heavy (non-hydrogen) atoms. The first kappa shape index (κ1) is 12.0. The zero-order valence-electron chi connectivity index (χ0n) is 10.9. The number of benzene rings is 1. The summed E-state index contributed by atoms with van der Waals surface area (Å²) in [5.41, 5.74) is 6.30. The van der Waals surface area contributed by atoms with E-state index >= 15 is 0 Å². The molecule has 4 heteroatoms. The molecule has 1 fully saturated rings. The Balaban J connectivity index is 1.86. The molecule has 1 aliphatic rings. The predicted molar refractivity (Wildman–Crippen MR) is 75.8 cm³/mol. The highest BCUT2D eigenvalue weighted by Gasteiger charge is 2.36. The van der Waals surface area contributed by atoms with Crippen LogP contribution in [0.2, 0.25) is 0 Å². The highest BCUT2D eigenvalue weighted by atomic mass is 16.2. The number of nitrogens with two attached hydrogens (primary N) is 1. The molecule has 2 unspecified atom stereocenters. The van der Waals surface area contributed by atoms with E-state index < -0.39 is 0 Å². The molecule has 2 atom stereocenters. The number of hydrogen-bond acceptors (Lipinski definition) is 3. The van der Waals surface area contributed by atoms with Gasteiger partial charge in [-0.1, -0.05) is 37.6 Å². The molecule has 98 valence electrons. The Kier molecular flexibility index (Phi) is 2.85. The van der Waals surface area contributed by atoms with Crippen LogP contribution in [0.5, 0.6) is 0 Å². The monoisotopic (exact) mass is 255 g/mol. The van der Waals surface area contributed by atoms with Gasteiger partial charge in [-0.2, -0.15) is 0 Å². The van der Waals surface area contributed by atoms with E-state index in [2.05, 4.69) is 17.2 Å². The minimum atomic E-state index is -0.126. The third-order valence-electron chi connectivity index (χ3n) is 3.77. The first-order valence-electron chi connectivity index (χ1n) is 6.65. The predicted octanol–water partition coefficient (Wildman–Crippen LogP) is 2.35. The Hall–Kier alpha value is -2.10. The standard InChI is InChI=1S/C15H17N3O/c1-2-9-7-12(9)18-15(19)13-8-10-5-3-4-6-11(10)14(16)17-13/h3-6,8-9,12H,2,7H2,1H3,(H2,16,17)(H,18,19). The Morgan fingerprint density at radius 2 is 2.26 bits per heavy atom. The smallest absolute Gasteiger partial charge is 0.270 e. The maximum Gasteiger partial charge on any atom is 0.270 e. The van der Waals surface area contributed by atoms with Gasteiger partial charge in [-0.3, -0.25) is 4.79 Å². The van der Waals surface area contributed by atoms with Crippen molar-refractivity contribution in [2.75, 3.05) is 5.73 Å². The van der Waals surface area contributed by atoms with Gasteiger partial charge >= 0.3 is 0 Å². The summed E-state index contributed by atoms with van der Waals surface area (Å²) in [5.74, 6) is 0.909. The van der Waals surface area contributed by atoms with E-state index in [1.807, 2.05) is 24.3 Å². The van der Waals surface area contributed by atoms with Gasteiger partial charge in [-0.15, -0.1) is 0 Å². The number of nitrogens with zero attached hydrogens (tertiary/aromatic N) is 1. The van der Waals surface area contributed by atoms with Gasteiger partial charge in [0.15, 0.2) is 0 Å². The molecule has 1 aliphatic carbocycles. The molecular weight excluding hydrogens is 238 g/mol. The molecular formula is C15H17N3O. The van der Waals surface area contributed by atoms with Gasteiger partial charge < -0.3 is 11.1 Å². The van der Waals surface area contributed by atoms with E-state index in [0.29, 0.717) is 23.5 Å². The van der Waals surface area contributed by atoms with Gasteiger partial charge in [0.2, 0.25) is 0 Å². The fraction of sp³-hybridized carbons (Fsp3) is 0.333. The molecule has 1 aromatic heterocycles. The number of fused-ring (bicyclic) bond motifs is 1. The molecule has 3 N–H and O–H groups in total. The molecule has 1 aromatic carbocycles. The summed E-state index contributed by atoms with van der Waals surface area (Å²) in [6, 6.07) is 9.80. The Bertz CT molecular complexity index is 638. The number of nitrogen functional groups attached to an aromatic ring is 1. The second-order valence-electron chi connectivity index (χ2n) is 5.10. The van der Waals surface area contributed by atoms with Crippen LogP contribution in [0.25, 0.3) is 10.8 Å². The number of hydrogen-bond donors (Lipinski definition) is 2. The third kappa shape index (κ3) is 2.26. The average molecular weight is 255 g/mol. The lowest BCUT2D eigenvalue weighted by molar-refractivity contribution is 0.0944. The summed E-state index contributed by atoms with van der Waals surface area (Å²) in [6.45, 7) is 2.14. The summed E-state index contributed by atoms with van der Waals surface area (Å²) < 4.78 is 0. The minimum absolute atomic E-state index is 0.126. The first-order chi connectivity index (χ1) is 9.19. The summed E-state index contributed by atoms with van der Waals surface area (Å²) in [5, 5.41) is 4.84. The first-order valence-corrected chi connectivity index (χ1v) is 6.65. The number of carbonyl (C=O) groups is 1. The number of pyridine rings is 1. The van der Waals surface area contributed by atoms with Crippen molar-refractivity contribution in [1.82, 2.24) is 10.3 Å². The molecule has 0 spiro atoms. The Morgan fingerprint density at radius 3 is 3.00 bits per heavy atom. The zero-order valence-corrected chi connectivity index (χ0v) is 10.9. The average Bonchev–Trinajstić information content (AvgIpc) is 3.17. The van der Waals surface area contributed by atoms with Gasteiger partial charge in [-0.25, -0.2) is 4.98 Å². The fourth-order valence-corrected chi connectivity index (χ4v) is 2.46. The van der Waals surface area contributed by atoms with Gasteiger partial charge in [0.1, 0.15) is 11.5 Å². The van der Waals surface area contributed by atoms with E-state index in [9.17, 15) is 4.79 Å². The normalized spacial score (nSPS) is 21.3. The number of nitrogens with one attached hydrogen (secondary N) is 1. The van der Waals surface area contributed by atoms with Gasteiger partial charge in [0, 0.05) is 11.4 Å². The number of anilines is 1. The quantitative estimate of drug-likeness (QED) is 0.884. The van der Waals surface area contributed by atoms with Gasteiger partial charge in [-0.05, 0) is 23.8 Å². The molecule has 0 bridgehead atoms. The van der Waals surface area contributed by atoms with Crippen LogP contribution < -0.4 is 11.1 Å². The van der Waals surface area contributed by atoms with Crippen LogP contribution >= 0.6 is 0 Å². The molecule has 1 saturated carbocycles. The third-order valence-corrected chi connectivity index (χ3v) is 3.77. The van der Waals surface area contributed by atoms with Crippen LogP contribution in [0, 0.1) is 5.92 Å². The van der Waals surface area contributed by atoms with Crippen molar-refractivity contribution >= 4 is 22.5 Å². The highest BCUT2D eigenvalue weighted by Crippen LogP contribution is 2.33. The van der Waals surface area contributed by atoms with Crippen LogP contribution in [0.4, 0.5) is 5.82 Å². The lowest BCUT2D eigenvalue weighted by atomic mass is 10.1. The molecule has 0 radical (unpaired) electrons. The van der Waals surface area contributed by atoms with Crippen molar-refractivity contribution in [2.45, 2.75) is 25.8 Å². The largest absolute Gasteiger partial charge is 0.383 e. The molecule has 0 saturated heterocycles. The zero-order chi connectivity index (χ0) is 13.4. The summed E-state index contributed by atoms with van der Waals surface area (Å²) in [4.78, 5) is 16.3. The van der Waals surface area contributed by atoms with E-state index in [4.69, 9.17) is 5.73 Å². The maximum absolute atomic E-state index is 12.1. The van der Waals surface area contributed by atoms with E-state index in [-0.39, 0.29) is 5.91 Å². The van der Waals surface area contributed by atoms with Crippen LogP contribution in [0.1, 0.15) is 30.3 Å². The van der Waals surface area contributed by atoms with Crippen molar-refractivity contribution < 1.29 is 4.79 Å². The number of carbonyl (C=O) groups excluding carboxylic acids is 1. The number of aromatic nitrogens is 1. The van der Waals surface area contributed by atoms with Crippen LogP contribution in [-0.4, -0.2) is 16.9 Å². The molecule has 2 aromatic rings. The molecule has 1 amide bonds. The second-order valence-corrected chi connectivity index (χ2v) is 5.10. The molecule has 1 heterocycles. The van der Waals surface area contributed by atoms with Gasteiger partial charge in [0.25, 0.3) is 5.91 Å². The Labute approximate surface area is 112 Å². The maximum atomic E-state index is 12.1. The lowest BCUT2D eigenvalue weighted by Gasteiger charge is -2.07. The van der Waals surface area contributed by atoms with E-state index in [0.717, 1.165) is 23.6 Å². The lowest BCUT2D eigenvalue weighted by Crippen LogP contribution is -2.27. The van der Waals surface area contributed by atoms with Crippen LogP contribution in [0.3, 0.4) is 0 Å². The fourth-order valence-electron chi connectivity index (χ4n) is 2.46. The van der Waals surface area contributed by atoms with Crippen molar-refractivity contribution in [2.24, 2.45) is 5.92 Å². The summed E-state index contributed by atoms with van der Waals surface area (Å²) in [6.07, 6.45) is 2.18. The van der Waals surface area contributed by atoms with Crippen molar-refractivity contribution in [3.63, 3.8) is 0 Å². The number of rotatable bonds is 3. The van der Waals surface area contributed by atoms with Crippen molar-refractivity contribution in [3.8, 4) is 0 Å². The molecule has 4 nitrogen and oxygen atoms in total. The summed E-state index contributed by atoms with van der Waals surface area (Å²) >= 11 is 0. The van der Waals surface area contributed by atoms with Crippen molar-refractivity contribution in [3.05, 3.63) is 36.0 Å². The SMILES string of the molecule is CCC1CC1NC(=O)c1cc2ccccc2c(N)n1. The van der Waals surface area contributed by atoms with Crippen molar-refractivity contribution in [1.29, 1.82) is 0 Å². The highest BCUT2D eigenvalue weighted by molar-refractivity contribution is 6.00. The van der Waals surface area contributed by atoms with Crippen LogP contribution in [0.15, 0.2) is 30.3 Å². The van der Waals surface area contributed by atoms with Gasteiger partial charge in [0.05, 0.1) is 0 Å². The molecule has 3 rings (SSSR count). The summed E-state index contributed by atoms with van der Waals surface area (Å²) in [7, 11) is 0. The Morgan fingerprint density at radius 1 is 1.47 bits per heavy atom. The number of amides is 1. The minimum Gasteiger partial charge on any atom is -0.383 e. The van der Waals surface area contributed by atoms with E-state index in [1.54, 1.807) is 6.07 Å². The second kappa shape index (κ2) is 4.53. The topological polar surface area (TPSA) is 68.0 Å².